The van der Waals surface area contributed by atoms with Crippen LogP contribution in [-0.2, 0) is 4.79 Å². The minimum Gasteiger partial charge on any atom is -0.326 e. The fourth-order valence-corrected chi connectivity index (χ4v) is 3.53. The Balaban J connectivity index is 1.70. The van der Waals surface area contributed by atoms with E-state index in [2.05, 4.69) is 20.4 Å². The Kier molecular flexibility index (Phi) is 4.77. The zero-order valence-corrected chi connectivity index (χ0v) is 15.7. The van der Waals surface area contributed by atoms with E-state index in [9.17, 15) is 9.59 Å². The smallest absolute Gasteiger partial charge is 0.275 e. The summed E-state index contributed by atoms with van der Waals surface area (Å²) in [5.41, 5.74) is 2.69. The minimum atomic E-state index is -0.253. The number of benzene rings is 1. The van der Waals surface area contributed by atoms with Crippen LogP contribution in [0.4, 0.5) is 5.69 Å². The predicted octanol–water partition coefficient (Wildman–Crippen LogP) is 3.34. The third-order valence-electron chi connectivity index (χ3n) is 3.83. The second-order valence-electron chi connectivity index (χ2n) is 6.00. The molecule has 0 saturated carbocycles. The number of aromatic nitrogens is 4. The molecular formula is C20H15N5O2S. The quantitative estimate of drug-likeness (QED) is 0.578. The number of nitrogens with one attached hydrogen (secondary N) is 1. The van der Waals surface area contributed by atoms with Crippen LogP contribution in [0.2, 0.25) is 0 Å². The van der Waals surface area contributed by atoms with E-state index in [0.717, 1.165) is 11.1 Å². The van der Waals surface area contributed by atoms with Crippen LogP contribution in [0.1, 0.15) is 18.2 Å². The minimum absolute atomic E-state index is 0.149. The summed E-state index contributed by atoms with van der Waals surface area (Å²) in [5.74, 6) is -0.149. The Morgan fingerprint density at radius 3 is 2.86 bits per heavy atom. The van der Waals surface area contributed by atoms with E-state index in [1.165, 1.54) is 28.8 Å². The first-order chi connectivity index (χ1) is 13.6. The molecule has 0 spiro atoms. The van der Waals surface area contributed by atoms with Crippen molar-refractivity contribution in [2.45, 2.75) is 6.92 Å². The van der Waals surface area contributed by atoms with Crippen molar-refractivity contribution in [3.63, 3.8) is 0 Å². The second-order valence-corrected chi connectivity index (χ2v) is 6.96. The van der Waals surface area contributed by atoms with Gasteiger partial charge in [-0.1, -0.05) is 35.6 Å². The first-order valence-corrected chi connectivity index (χ1v) is 9.27. The van der Waals surface area contributed by atoms with E-state index in [1.54, 1.807) is 24.5 Å². The van der Waals surface area contributed by atoms with Gasteiger partial charge in [0.2, 0.25) is 10.9 Å². The molecule has 1 amide bonds. The van der Waals surface area contributed by atoms with E-state index in [-0.39, 0.29) is 11.5 Å². The highest BCUT2D eigenvalue weighted by Gasteiger charge is 2.10. The summed E-state index contributed by atoms with van der Waals surface area (Å²) in [6.45, 7) is 1.45. The number of carbonyl (C=O) groups excluding carboxylic acids is 1. The van der Waals surface area contributed by atoms with Crippen LogP contribution in [-0.4, -0.2) is 25.5 Å². The molecule has 0 radical (unpaired) electrons. The Bertz CT molecular complexity index is 1240. The lowest BCUT2D eigenvalue weighted by molar-refractivity contribution is -0.114. The molecule has 4 aromatic rings. The molecule has 0 atom stereocenters. The van der Waals surface area contributed by atoms with Crippen molar-refractivity contribution in [1.82, 2.24) is 19.6 Å². The Morgan fingerprint density at radius 1 is 1.18 bits per heavy atom. The summed E-state index contributed by atoms with van der Waals surface area (Å²) in [4.78, 5) is 32.8. The lowest BCUT2D eigenvalue weighted by Crippen LogP contribution is -2.14. The van der Waals surface area contributed by atoms with Gasteiger partial charge in [-0.3, -0.25) is 14.6 Å². The number of hydrogen-bond acceptors (Lipinski definition) is 6. The zero-order valence-electron chi connectivity index (χ0n) is 14.9. The van der Waals surface area contributed by atoms with Gasteiger partial charge in [-0.15, -0.1) is 0 Å². The van der Waals surface area contributed by atoms with Crippen molar-refractivity contribution >= 4 is 40.0 Å². The van der Waals surface area contributed by atoms with Crippen LogP contribution in [0.25, 0.3) is 27.7 Å². The van der Waals surface area contributed by atoms with E-state index in [0.29, 0.717) is 21.3 Å². The fourth-order valence-electron chi connectivity index (χ4n) is 2.62. The van der Waals surface area contributed by atoms with Gasteiger partial charge >= 0.3 is 0 Å². The average molecular weight is 389 g/mol. The van der Waals surface area contributed by atoms with Crippen LogP contribution < -0.4 is 10.9 Å². The highest BCUT2D eigenvalue weighted by atomic mass is 32.1. The van der Waals surface area contributed by atoms with Gasteiger partial charge in [0.1, 0.15) is 5.01 Å². The van der Waals surface area contributed by atoms with Gasteiger partial charge in [0.25, 0.3) is 5.56 Å². The molecule has 4 rings (SSSR count). The van der Waals surface area contributed by atoms with Crippen LogP contribution >= 0.6 is 11.3 Å². The molecule has 0 aliphatic heterocycles. The molecule has 0 aliphatic rings. The number of rotatable bonds is 4. The van der Waals surface area contributed by atoms with Gasteiger partial charge < -0.3 is 5.32 Å². The summed E-state index contributed by atoms with van der Waals surface area (Å²) in [6.07, 6.45) is 7.06. The van der Waals surface area contributed by atoms with E-state index >= 15 is 0 Å². The zero-order chi connectivity index (χ0) is 19.5. The van der Waals surface area contributed by atoms with E-state index in [4.69, 9.17) is 0 Å². The van der Waals surface area contributed by atoms with Crippen molar-refractivity contribution in [1.29, 1.82) is 0 Å². The number of anilines is 1. The molecule has 7 nitrogen and oxygen atoms in total. The molecule has 8 heteroatoms. The number of nitrogens with zero attached hydrogens (tertiary/aromatic N) is 4. The summed E-state index contributed by atoms with van der Waals surface area (Å²) in [6, 6.07) is 12.5. The topological polar surface area (TPSA) is 89.3 Å². The van der Waals surface area contributed by atoms with Crippen LogP contribution in [0.5, 0.6) is 0 Å². The molecule has 138 valence electrons. The Morgan fingerprint density at radius 2 is 2.07 bits per heavy atom. The maximum atomic E-state index is 12.4. The van der Waals surface area contributed by atoms with E-state index in [1.807, 2.05) is 36.4 Å². The first-order valence-electron chi connectivity index (χ1n) is 8.45. The third-order valence-corrected chi connectivity index (χ3v) is 4.78. The molecule has 0 bridgehead atoms. The molecule has 0 aliphatic carbocycles. The lowest BCUT2D eigenvalue weighted by atomic mass is 10.2. The average Bonchev–Trinajstić information content (AvgIpc) is 3.12. The van der Waals surface area contributed by atoms with Gasteiger partial charge in [0, 0.05) is 36.6 Å². The molecule has 0 unspecified atom stereocenters. The fraction of sp³-hybridized carbons (Fsp3) is 0.0500. The standard InChI is InChI=1S/C20H15N5O2S/c1-13(26)22-16-6-2-5-15(10-16)19-24-25-18(27)11-17(23-20(25)28-19)8-7-14-4-3-9-21-12-14/h2-12H,1H3,(H,22,26). The van der Waals surface area contributed by atoms with Gasteiger partial charge in [-0.2, -0.15) is 9.61 Å². The maximum Gasteiger partial charge on any atom is 0.275 e. The number of pyridine rings is 1. The molecule has 28 heavy (non-hydrogen) atoms. The molecular weight excluding hydrogens is 374 g/mol. The Labute approximate surface area is 164 Å². The number of fused-ring (bicyclic) bond motifs is 1. The number of amides is 1. The van der Waals surface area contributed by atoms with E-state index < -0.39 is 0 Å². The lowest BCUT2D eigenvalue weighted by Gasteiger charge is -2.02. The molecule has 3 aromatic heterocycles. The molecule has 1 N–H and O–H groups in total. The van der Waals surface area contributed by atoms with Gasteiger partial charge in [-0.05, 0) is 29.8 Å². The molecule has 0 saturated heterocycles. The van der Waals surface area contributed by atoms with Crippen LogP contribution in [0, 0.1) is 0 Å². The molecule has 1 aromatic carbocycles. The van der Waals surface area contributed by atoms with Gasteiger partial charge in [0.15, 0.2) is 0 Å². The maximum absolute atomic E-state index is 12.4. The third kappa shape index (κ3) is 3.86. The summed E-state index contributed by atoms with van der Waals surface area (Å²) >= 11 is 1.31. The van der Waals surface area contributed by atoms with Crippen LogP contribution in [0.3, 0.4) is 0 Å². The second kappa shape index (κ2) is 7.53. The van der Waals surface area contributed by atoms with Crippen molar-refractivity contribution in [3.8, 4) is 10.6 Å². The van der Waals surface area contributed by atoms with Crippen molar-refractivity contribution < 1.29 is 4.79 Å². The summed E-state index contributed by atoms with van der Waals surface area (Å²) in [7, 11) is 0. The van der Waals surface area contributed by atoms with Crippen molar-refractivity contribution in [2.24, 2.45) is 0 Å². The number of hydrogen-bond donors (Lipinski definition) is 1. The molecule has 0 fully saturated rings. The SMILES string of the molecule is CC(=O)Nc1cccc(-c2nn3c(=O)cc(C=Cc4cccnc4)nc3s2)c1. The Hall–Kier alpha value is -3.65. The van der Waals surface area contributed by atoms with Gasteiger partial charge in [0.05, 0.1) is 5.69 Å². The normalized spacial score (nSPS) is 11.2. The van der Waals surface area contributed by atoms with Gasteiger partial charge in [-0.25, -0.2) is 4.98 Å². The first kappa shape index (κ1) is 17.7. The van der Waals surface area contributed by atoms with Crippen molar-refractivity contribution in [3.05, 3.63) is 76.5 Å². The summed E-state index contributed by atoms with van der Waals surface area (Å²) < 4.78 is 1.28. The highest BCUT2D eigenvalue weighted by Crippen LogP contribution is 2.26. The van der Waals surface area contributed by atoms with Crippen molar-refractivity contribution in [2.75, 3.05) is 5.32 Å². The van der Waals surface area contributed by atoms with Crippen LogP contribution in [0.15, 0.2) is 59.7 Å². The highest BCUT2D eigenvalue weighted by molar-refractivity contribution is 7.19. The number of carbonyl (C=O) groups is 1. The molecule has 3 heterocycles. The largest absolute Gasteiger partial charge is 0.326 e. The predicted molar refractivity (Wildman–Crippen MR) is 110 cm³/mol. The summed E-state index contributed by atoms with van der Waals surface area (Å²) in [5, 5.41) is 7.76. The monoisotopic (exact) mass is 389 g/mol.